The van der Waals surface area contributed by atoms with Crippen molar-refractivity contribution in [3.05, 3.63) is 58.7 Å². The Bertz CT molecular complexity index is 2480. The van der Waals surface area contributed by atoms with Gasteiger partial charge in [-0.05, 0) is 70.8 Å². The molecule has 1 saturated carbocycles. The van der Waals surface area contributed by atoms with Gasteiger partial charge in [-0.1, -0.05) is 67.2 Å². The van der Waals surface area contributed by atoms with E-state index in [1.807, 2.05) is 12.2 Å². The number of carboxylic acids is 1. The number of quaternary nitrogens is 1. The quantitative estimate of drug-likeness (QED) is 0.0158. The number of hydrogen-bond acceptors (Lipinski definition) is 22. The van der Waals surface area contributed by atoms with Crippen LogP contribution in [0, 0.1) is 35.0 Å². The van der Waals surface area contributed by atoms with Gasteiger partial charge in [0.15, 0.2) is 24.3 Å². The highest BCUT2D eigenvalue weighted by Crippen LogP contribution is 2.56. The highest BCUT2D eigenvalue weighted by atomic mass is 33.1. The summed E-state index contributed by atoms with van der Waals surface area (Å²) in [4.78, 5) is 39.1. The van der Waals surface area contributed by atoms with Crippen molar-refractivity contribution in [2.24, 2.45) is 44.6 Å². The number of fused-ring (bicyclic) bond motifs is 5. The molecule has 2 fully saturated rings. The van der Waals surface area contributed by atoms with Gasteiger partial charge in [-0.15, -0.1) is 0 Å². The van der Waals surface area contributed by atoms with E-state index in [1.165, 1.54) is 17.1 Å². The van der Waals surface area contributed by atoms with Crippen LogP contribution in [0.5, 0.6) is 0 Å². The van der Waals surface area contributed by atoms with E-state index >= 15 is 4.79 Å². The second-order valence-electron chi connectivity index (χ2n) is 21.0. The molecule has 9 aliphatic rings. The number of aliphatic hydroxyl groups excluding tert-OH is 5. The monoisotopic (exact) mass is 1140 g/mol. The van der Waals surface area contributed by atoms with Crippen molar-refractivity contribution in [2.45, 2.75) is 136 Å². The molecular formula is C50H70N7O15S4+. The van der Waals surface area contributed by atoms with E-state index in [9.17, 15) is 45.6 Å². The summed E-state index contributed by atoms with van der Waals surface area (Å²) in [7, 11) is 6.17. The first-order valence-electron chi connectivity index (χ1n) is 25.8. The Kier molecular flexibility index (Phi) is 18.1. The summed E-state index contributed by atoms with van der Waals surface area (Å²) in [5.74, 6) is 1.62. The lowest BCUT2D eigenvalue weighted by atomic mass is 9.63. The molecule has 0 radical (unpaired) electrons. The molecule has 1 saturated heterocycles. The topological polar surface area (TPSA) is 347 Å². The van der Waals surface area contributed by atoms with Crippen LogP contribution in [-0.2, 0) is 33.3 Å². The fraction of sp³-hybridized carbons (Fsp3) is 0.680. The summed E-state index contributed by atoms with van der Waals surface area (Å²) in [6.45, 7) is 2.00. The molecule has 22 nitrogen and oxygen atoms in total. The number of carbonyl (C=O) groups is 2. The minimum Gasteiger partial charge on any atom is -0.477 e. The first-order chi connectivity index (χ1) is 36.4. The molecule has 76 heavy (non-hydrogen) atoms. The molecule has 7 heterocycles. The van der Waals surface area contributed by atoms with E-state index in [0.717, 1.165) is 0 Å². The maximum absolute atomic E-state index is 15.5. The molecule has 0 amide bonds. The van der Waals surface area contributed by atoms with Crippen molar-refractivity contribution in [1.82, 2.24) is 10.6 Å². The van der Waals surface area contributed by atoms with Crippen molar-refractivity contribution in [1.29, 1.82) is 0 Å². The fourth-order valence-corrected chi connectivity index (χ4v) is 19.1. The van der Waals surface area contributed by atoms with Gasteiger partial charge in [0.2, 0.25) is 12.1 Å². The van der Waals surface area contributed by atoms with Gasteiger partial charge in [0.1, 0.15) is 47.4 Å². The predicted molar refractivity (Wildman–Crippen MR) is 285 cm³/mol. The summed E-state index contributed by atoms with van der Waals surface area (Å²) in [6.07, 6.45) is 1.19. The second kappa shape index (κ2) is 24.1. The van der Waals surface area contributed by atoms with Gasteiger partial charge in [-0.3, -0.25) is 14.9 Å². The number of aliphatic imine (C=N–C) groups is 2. The second-order valence-corrected chi connectivity index (χ2v) is 26.2. The van der Waals surface area contributed by atoms with E-state index in [0.29, 0.717) is 66.1 Å². The number of guanidine groups is 2. The number of aliphatic carboxylic acids is 1. The summed E-state index contributed by atoms with van der Waals surface area (Å²) < 4.78 is 31.4. The third-order valence-electron chi connectivity index (χ3n) is 15.7. The number of nitrogens with one attached hydrogen (secondary N) is 3. The van der Waals surface area contributed by atoms with Gasteiger partial charge in [-0.2, -0.15) is 0 Å². The maximum atomic E-state index is 15.5. The zero-order valence-electron chi connectivity index (χ0n) is 42.2. The maximum Gasteiger partial charge on any atom is 0.343 e. The molecular weight excluding hydrogens is 1070 g/mol. The Hall–Kier alpha value is -3.50. The Labute approximate surface area is 456 Å². The Morgan fingerprint density at radius 2 is 1.96 bits per heavy atom. The molecule has 0 aromatic heterocycles. The molecule has 2 aliphatic carbocycles. The van der Waals surface area contributed by atoms with Crippen LogP contribution in [0.1, 0.15) is 58.8 Å². The molecule has 9 bridgehead atoms. The van der Waals surface area contributed by atoms with Crippen LogP contribution in [0.3, 0.4) is 0 Å². The number of carboxylic acid groups (broad SMARTS) is 1. The lowest BCUT2D eigenvalue weighted by molar-refractivity contribution is -0.870. The highest BCUT2D eigenvalue weighted by Gasteiger charge is 2.61. The number of rotatable bonds is 12. The third kappa shape index (κ3) is 11.4. The van der Waals surface area contributed by atoms with E-state index in [2.05, 4.69) is 27.5 Å². The van der Waals surface area contributed by atoms with Gasteiger partial charge in [0.25, 0.3) is 0 Å². The average Bonchev–Trinajstić information content (AvgIpc) is 3.80. The minimum atomic E-state index is -3.02. The first-order valence-corrected chi connectivity index (χ1v) is 30.5. The zero-order chi connectivity index (χ0) is 54.1. The molecule has 418 valence electrons. The number of esters is 1. The molecule has 1 unspecified atom stereocenters. The third-order valence-corrected chi connectivity index (χ3v) is 21.8. The Morgan fingerprint density at radius 3 is 2.70 bits per heavy atom. The van der Waals surface area contributed by atoms with Crippen molar-refractivity contribution in [2.75, 3.05) is 51.0 Å². The van der Waals surface area contributed by atoms with Gasteiger partial charge >= 0.3 is 11.9 Å². The van der Waals surface area contributed by atoms with Gasteiger partial charge in [-0.25, -0.2) is 9.59 Å². The van der Waals surface area contributed by atoms with E-state index in [4.69, 9.17) is 40.1 Å². The number of aliphatic hydroxyl groups is 7. The predicted octanol–water partition coefficient (Wildman–Crippen LogP) is -1.28. The summed E-state index contributed by atoms with van der Waals surface area (Å²) in [5, 5.41) is 94.1. The molecule has 0 aromatic rings. The van der Waals surface area contributed by atoms with E-state index < -0.39 is 101 Å². The molecule has 26 heteroatoms. The molecule has 9 rings (SSSR count). The van der Waals surface area contributed by atoms with Crippen molar-refractivity contribution in [3.8, 4) is 11.8 Å². The Balaban J connectivity index is 1.37. The standard InChI is InChI=1S/C50H69N7O15S4/c1-25(2)69-40-44(71-36(22-61)39(62)50(40,66)67)72-45-48-9-3-14-73-76-49(17-30-16-29(8-10-48)54-47(52)55-30)11-7-26-15-28-18-57(19-31(42(63)64)38(28)56-46(51)53-12-4-13-58)34(21-60)41(49)75-74-24-33-27(20-59)5-6-35(33)70-43(65)32(23-68-45)37(26)48/h3,9,15,19,23,25,27,29-30,33-37,39-41,44-45,58-62,66-67H,4-6,8,10,12-14,16-18,20-22,24H2,1-2H3,(H,63,64)(H3,51,53,56)(H3,52,54,55)/p+1/b9-3+,26-15+/t27-,29-,30+,33-,34-,35+,36-,37-,39-,40+,41+,44+,45+,48+,49-/m1/s1. The van der Waals surface area contributed by atoms with Crippen LogP contribution in [0.15, 0.2) is 68.7 Å². The van der Waals surface area contributed by atoms with Gasteiger partial charge in [0, 0.05) is 60.3 Å². The van der Waals surface area contributed by atoms with E-state index in [-0.39, 0.29) is 86.0 Å². The smallest absolute Gasteiger partial charge is 0.343 e. The summed E-state index contributed by atoms with van der Waals surface area (Å²) in [5.41, 5.74) is 12.2. The minimum absolute atomic E-state index is 0.0293. The fourth-order valence-electron chi connectivity index (χ4n) is 12.1. The lowest BCUT2D eigenvalue weighted by Crippen LogP contribution is -3.14. The molecule has 15 N–H and O–H groups in total. The van der Waals surface area contributed by atoms with Gasteiger partial charge in [0.05, 0.1) is 53.6 Å². The van der Waals surface area contributed by atoms with Crippen molar-refractivity contribution in [3.63, 3.8) is 0 Å². The number of nitrogens with two attached hydrogens (primary N) is 2. The van der Waals surface area contributed by atoms with Crippen LogP contribution in [0.4, 0.5) is 0 Å². The number of allylic oxidation sites excluding steroid dienone is 1. The van der Waals surface area contributed by atoms with Crippen LogP contribution >= 0.6 is 43.2 Å². The average molecular weight is 1140 g/mol. The Morgan fingerprint density at radius 1 is 1.14 bits per heavy atom. The van der Waals surface area contributed by atoms with Crippen LogP contribution in [-0.4, -0.2) is 193 Å². The number of carbonyl (C=O) groups excluding carboxylic acids is 1. The van der Waals surface area contributed by atoms with E-state index in [1.54, 1.807) is 58.5 Å². The van der Waals surface area contributed by atoms with Crippen LogP contribution in [0.25, 0.3) is 0 Å². The number of ether oxygens (including phenoxy) is 5. The SMILES string of the molecule is CC(C)O[C@H]1[C@H](O[C@@H]2OC=C3C(=O)O[C@H]4CC[C@H](CO)[C@H]4CSS[C@H]4[C@@H](CO)[NH+]5C=C(C(=O)O)C(NC(N)=NCCCO)=C(/C=C6\C#C[C@@]47C[C@@H]4C[C@@H](CC[C@@]2(/C=C/CSS7)[C@@H]36)N=C(N)N4)C5)O[C@H](CO)[C@@H](O)C1(O)O. The molecule has 16 atom stereocenters. The number of nitrogens with zero attached hydrogens (tertiary/aromatic N) is 2. The summed E-state index contributed by atoms with van der Waals surface area (Å²) in [6, 6.07) is -1.40. The first kappa shape index (κ1) is 57.2. The van der Waals surface area contributed by atoms with Gasteiger partial charge < -0.3 is 86.6 Å². The van der Waals surface area contributed by atoms with Crippen LogP contribution < -0.4 is 27.0 Å². The largest absolute Gasteiger partial charge is 0.477 e. The molecule has 0 spiro atoms. The van der Waals surface area contributed by atoms with Crippen molar-refractivity contribution < 1.29 is 79.0 Å². The summed E-state index contributed by atoms with van der Waals surface area (Å²) >= 11 is 0. The molecule has 7 aliphatic heterocycles. The molecule has 0 aromatic carbocycles. The van der Waals surface area contributed by atoms with Crippen LogP contribution in [0.2, 0.25) is 0 Å². The zero-order valence-corrected chi connectivity index (χ0v) is 45.5. The number of hydrogen-bond donors (Lipinski definition) is 13. The van der Waals surface area contributed by atoms with Crippen molar-refractivity contribution >= 4 is 67.0 Å². The lowest BCUT2D eigenvalue weighted by Gasteiger charge is -2.51. The normalized spacial score (nSPS) is 40.3. The highest BCUT2D eigenvalue weighted by molar-refractivity contribution is 8.79.